The number of hydrogen-bond donors (Lipinski definition) is 1. The summed E-state index contributed by atoms with van der Waals surface area (Å²) in [6, 6.07) is 0. The number of hydrogen-bond acceptors (Lipinski definition) is 4. The Hall–Kier alpha value is -1.33. The van der Waals surface area contributed by atoms with Gasteiger partial charge in [-0.1, -0.05) is 0 Å². The minimum absolute atomic E-state index is 0.0364. The smallest absolute Gasteiger partial charge is 0.255 e. The van der Waals surface area contributed by atoms with Crippen LogP contribution >= 0.6 is 0 Å². The molecule has 0 saturated carbocycles. The zero-order valence-corrected chi connectivity index (χ0v) is 11.7. The Balaban J connectivity index is 1.69. The summed E-state index contributed by atoms with van der Waals surface area (Å²) in [7, 11) is 0. The van der Waals surface area contributed by atoms with Gasteiger partial charge in [-0.25, -0.2) is 0 Å². The van der Waals surface area contributed by atoms with Crippen molar-refractivity contribution < 1.29 is 13.9 Å². The highest BCUT2D eigenvalue weighted by molar-refractivity contribution is 5.96. The van der Waals surface area contributed by atoms with Gasteiger partial charge >= 0.3 is 0 Å². The van der Waals surface area contributed by atoms with Gasteiger partial charge in [0.2, 0.25) is 0 Å². The predicted molar refractivity (Wildman–Crippen MR) is 72.4 cm³/mol. The van der Waals surface area contributed by atoms with Gasteiger partial charge in [-0.3, -0.25) is 9.69 Å². The lowest BCUT2D eigenvalue weighted by molar-refractivity contribution is 0.0374. The number of aryl methyl sites for hydroxylation is 2. The second kappa shape index (κ2) is 6.73. The number of ether oxygens (including phenoxy) is 1. The SMILES string of the molecule is Cc1coc(C)c1C(=O)NCCCN1CCOCC1. The largest absolute Gasteiger partial charge is 0.469 e. The molecule has 0 spiro atoms. The highest BCUT2D eigenvalue weighted by Crippen LogP contribution is 2.14. The maximum absolute atomic E-state index is 12.0. The van der Waals surface area contributed by atoms with Gasteiger partial charge in [-0.15, -0.1) is 0 Å². The number of rotatable bonds is 5. The van der Waals surface area contributed by atoms with Crippen LogP contribution in [-0.2, 0) is 4.74 Å². The number of nitrogens with one attached hydrogen (secondary N) is 1. The molecule has 1 N–H and O–H groups in total. The first kappa shape index (κ1) is 14.1. The molecule has 1 saturated heterocycles. The lowest BCUT2D eigenvalue weighted by Gasteiger charge is -2.26. The van der Waals surface area contributed by atoms with Gasteiger partial charge in [-0.05, 0) is 26.8 Å². The summed E-state index contributed by atoms with van der Waals surface area (Å²) in [5.41, 5.74) is 1.56. The molecule has 0 aromatic carbocycles. The van der Waals surface area contributed by atoms with Crippen LogP contribution in [-0.4, -0.2) is 50.2 Å². The predicted octanol–water partition coefficient (Wildman–Crippen LogP) is 1.35. The molecule has 1 aromatic rings. The topological polar surface area (TPSA) is 54.7 Å². The third-order valence-electron chi connectivity index (χ3n) is 3.43. The number of nitrogens with zero attached hydrogens (tertiary/aromatic N) is 1. The van der Waals surface area contributed by atoms with E-state index < -0.39 is 0 Å². The van der Waals surface area contributed by atoms with Crippen LogP contribution in [0.2, 0.25) is 0 Å². The van der Waals surface area contributed by atoms with Gasteiger partial charge in [0.1, 0.15) is 5.76 Å². The molecule has 1 aromatic heterocycles. The van der Waals surface area contributed by atoms with Crippen molar-refractivity contribution in [3.8, 4) is 0 Å². The van der Waals surface area contributed by atoms with Crippen LogP contribution in [0.3, 0.4) is 0 Å². The minimum atomic E-state index is -0.0364. The summed E-state index contributed by atoms with van der Waals surface area (Å²) in [6.45, 7) is 9.03. The van der Waals surface area contributed by atoms with Crippen LogP contribution < -0.4 is 5.32 Å². The molecule has 1 amide bonds. The number of carbonyl (C=O) groups is 1. The van der Waals surface area contributed by atoms with Crippen molar-refractivity contribution in [3.05, 3.63) is 23.2 Å². The van der Waals surface area contributed by atoms with Gasteiger partial charge in [0.25, 0.3) is 5.91 Å². The van der Waals surface area contributed by atoms with E-state index in [0.717, 1.165) is 44.8 Å². The average Bonchev–Trinajstić information content (AvgIpc) is 2.75. The normalized spacial score (nSPS) is 16.5. The molecule has 5 nitrogen and oxygen atoms in total. The van der Waals surface area contributed by atoms with Gasteiger partial charge in [0.15, 0.2) is 0 Å². The van der Waals surface area contributed by atoms with Crippen molar-refractivity contribution in [1.29, 1.82) is 0 Å². The number of morpholine rings is 1. The van der Waals surface area contributed by atoms with Crippen LogP contribution in [0.25, 0.3) is 0 Å². The Morgan fingerprint density at radius 3 is 2.74 bits per heavy atom. The molecule has 0 unspecified atom stereocenters. The maximum Gasteiger partial charge on any atom is 0.255 e. The Bertz CT molecular complexity index is 403. The van der Waals surface area contributed by atoms with Crippen molar-refractivity contribution >= 4 is 5.91 Å². The standard InChI is InChI=1S/C14H22N2O3/c1-11-10-19-12(2)13(11)14(17)15-4-3-5-16-6-8-18-9-7-16/h10H,3-9H2,1-2H3,(H,15,17). The van der Waals surface area contributed by atoms with Crippen molar-refractivity contribution in [2.75, 3.05) is 39.4 Å². The molecule has 1 aliphatic rings. The van der Waals surface area contributed by atoms with Crippen molar-refractivity contribution in [1.82, 2.24) is 10.2 Å². The number of amides is 1. The van der Waals surface area contributed by atoms with Crippen LogP contribution in [0.1, 0.15) is 28.1 Å². The van der Waals surface area contributed by atoms with E-state index in [1.165, 1.54) is 0 Å². The Morgan fingerprint density at radius 1 is 1.37 bits per heavy atom. The summed E-state index contributed by atoms with van der Waals surface area (Å²) in [4.78, 5) is 14.4. The van der Waals surface area contributed by atoms with E-state index >= 15 is 0 Å². The highest BCUT2D eigenvalue weighted by Gasteiger charge is 2.15. The summed E-state index contributed by atoms with van der Waals surface area (Å²) >= 11 is 0. The first-order chi connectivity index (χ1) is 9.18. The Labute approximate surface area is 113 Å². The van der Waals surface area contributed by atoms with Crippen molar-refractivity contribution in [3.63, 3.8) is 0 Å². The fourth-order valence-electron chi connectivity index (χ4n) is 2.33. The zero-order valence-electron chi connectivity index (χ0n) is 11.7. The highest BCUT2D eigenvalue weighted by atomic mass is 16.5. The van der Waals surface area contributed by atoms with Crippen molar-refractivity contribution in [2.45, 2.75) is 20.3 Å². The molecule has 0 bridgehead atoms. The first-order valence-corrected chi connectivity index (χ1v) is 6.81. The summed E-state index contributed by atoms with van der Waals surface area (Å²) in [5.74, 6) is 0.647. The van der Waals surface area contributed by atoms with Crippen LogP contribution in [0.5, 0.6) is 0 Å². The summed E-state index contributed by atoms with van der Waals surface area (Å²) < 4.78 is 10.5. The summed E-state index contributed by atoms with van der Waals surface area (Å²) in [5, 5.41) is 2.95. The van der Waals surface area contributed by atoms with Crippen LogP contribution in [0.15, 0.2) is 10.7 Å². The lowest BCUT2D eigenvalue weighted by atomic mass is 10.1. The molecule has 0 atom stereocenters. The third-order valence-corrected chi connectivity index (χ3v) is 3.43. The second-order valence-corrected chi connectivity index (χ2v) is 4.91. The average molecular weight is 266 g/mol. The Morgan fingerprint density at radius 2 is 2.11 bits per heavy atom. The van der Waals surface area contributed by atoms with E-state index in [0.29, 0.717) is 17.9 Å². The second-order valence-electron chi connectivity index (χ2n) is 4.91. The third kappa shape index (κ3) is 3.81. The molecule has 2 heterocycles. The van der Waals surface area contributed by atoms with Gasteiger partial charge in [0, 0.05) is 25.2 Å². The van der Waals surface area contributed by atoms with E-state index in [9.17, 15) is 4.79 Å². The van der Waals surface area contributed by atoms with Crippen LogP contribution in [0, 0.1) is 13.8 Å². The quantitative estimate of drug-likeness (QED) is 0.817. The van der Waals surface area contributed by atoms with E-state index in [-0.39, 0.29) is 5.91 Å². The summed E-state index contributed by atoms with van der Waals surface area (Å²) in [6.07, 6.45) is 2.58. The molecule has 1 fully saturated rings. The molecular weight excluding hydrogens is 244 g/mol. The van der Waals surface area contributed by atoms with E-state index in [1.807, 2.05) is 13.8 Å². The molecule has 19 heavy (non-hydrogen) atoms. The van der Waals surface area contributed by atoms with Crippen molar-refractivity contribution in [2.24, 2.45) is 0 Å². The van der Waals surface area contributed by atoms with E-state index in [2.05, 4.69) is 10.2 Å². The lowest BCUT2D eigenvalue weighted by Crippen LogP contribution is -2.38. The maximum atomic E-state index is 12.0. The molecule has 5 heteroatoms. The first-order valence-electron chi connectivity index (χ1n) is 6.81. The molecule has 2 rings (SSSR count). The van der Waals surface area contributed by atoms with Crippen LogP contribution in [0.4, 0.5) is 0 Å². The molecule has 1 aliphatic heterocycles. The fraction of sp³-hybridized carbons (Fsp3) is 0.643. The zero-order chi connectivity index (χ0) is 13.7. The monoisotopic (exact) mass is 266 g/mol. The van der Waals surface area contributed by atoms with E-state index in [4.69, 9.17) is 9.15 Å². The van der Waals surface area contributed by atoms with Gasteiger partial charge < -0.3 is 14.5 Å². The fourth-order valence-corrected chi connectivity index (χ4v) is 2.33. The Kier molecular flexibility index (Phi) is 4.99. The van der Waals surface area contributed by atoms with Gasteiger partial charge in [-0.2, -0.15) is 0 Å². The molecular formula is C14H22N2O3. The molecule has 106 valence electrons. The molecule has 0 radical (unpaired) electrons. The van der Waals surface area contributed by atoms with E-state index in [1.54, 1.807) is 6.26 Å². The minimum Gasteiger partial charge on any atom is -0.469 e. The number of carbonyl (C=O) groups excluding carboxylic acids is 1. The number of furan rings is 1. The molecule has 0 aliphatic carbocycles. The van der Waals surface area contributed by atoms with Gasteiger partial charge in [0.05, 0.1) is 25.0 Å².